The third-order valence-corrected chi connectivity index (χ3v) is 3.48. The first-order valence-corrected chi connectivity index (χ1v) is 6.82. The summed E-state index contributed by atoms with van der Waals surface area (Å²) in [4.78, 5) is 4.46. The molecule has 0 aliphatic rings. The summed E-state index contributed by atoms with van der Waals surface area (Å²) >= 11 is 3.51. The smallest absolute Gasteiger partial charge is 0.0422 e. The molecule has 1 heterocycles. The Morgan fingerprint density at radius 2 is 2.11 bits per heavy atom. The van der Waals surface area contributed by atoms with Gasteiger partial charge in [0, 0.05) is 28.8 Å². The van der Waals surface area contributed by atoms with Crippen molar-refractivity contribution in [3.8, 4) is 0 Å². The molecule has 1 N–H and O–H groups in total. The van der Waals surface area contributed by atoms with Crippen molar-refractivity contribution < 1.29 is 0 Å². The normalized spacial score (nSPS) is 12.4. The summed E-state index contributed by atoms with van der Waals surface area (Å²) in [5.74, 6) is 0. The Hall–Kier alpha value is -1.19. The van der Waals surface area contributed by atoms with Gasteiger partial charge >= 0.3 is 0 Å². The molecule has 18 heavy (non-hydrogen) atoms. The highest BCUT2D eigenvalue weighted by Gasteiger charge is 2.10. The summed E-state index contributed by atoms with van der Waals surface area (Å²) in [6.07, 6.45) is 2.82. The maximum absolute atomic E-state index is 4.46. The van der Waals surface area contributed by atoms with E-state index in [9.17, 15) is 0 Å². The minimum absolute atomic E-state index is 0.290. The van der Waals surface area contributed by atoms with E-state index in [4.69, 9.17) is 0 Å². The number of hydrogen-bond acceptors (Lipinski definition) is 2. The molecular weight excluding hydrogens is 288 g/mol. The highest BCUT2D eigenvalue weighted by atomic mass is 79.9. The molecule has 0 saturated carbocycles. The van der Waals surface area contributed by atoms with E-state index in [0.29, 0.717) is 0 Å². The first-order valence-electron chi connectivity index (χ1n) is 6.03. The number of likely N-dealkylation sites (N-methyl/N-ethyl adjacent to an activating group) is 1. The molecular formula is C15H17BrN2. The van der Waals surface area contributed by atoms with Gasteiger partial charge in [0.2, 0.25) is 0 Å². The van der Waals surface area contributed by atoms with Crippen LogP contribution in [0.15, 0.2) is 47.1 Å². The van der Waals surface area contributed by atoms with Crippen molar-refractivity contribution in [1.82, 2.24) is 10.3 Å². The summed E-state index contributed by atoms with van der Waals surface area (Å²) in [7, 11) is 1.99. The van der Waals surface area contributed by atoms with Gasteiger partial charge in [-0.15, -0.1) is 0 Å². The van der Waals surface area contributed by atoms with Gasteiger partial charge in [0.15, 0.2) is 0 Å². The zero-order valence-electron chi connectivity index (χ0n) is 10.7. The second kappa shape index (κ2) is 6.12. The van der Waals surface area contributed by atoms with Crippen LogP contribution < -0.4 is 5.32 Å². The van der Waals surface area contributed by atoms with Crippen molar-refractivity contribution >= 4 is 15.9 Å². The SMILES string of the molecule is CNC(Cc1ccc(C)cn1)c1cccc(Br)c1. The molecule has 1 aromatic heterocycles. The molecule has 0 aliphatic heterocycles. The topological polar surface area (TPSA) is 24.9 Å². The number of aryl methyl sites for hydroxylation is 1. The van der Waals surface area contributed by atoms with E-state index in [1.165, 1.54) is 11.1 Å². The lowest BCUT2D eigenvalue weighted by molar-refractivity contribution is 0.584. The summed E-state index contributed by atoms with van der Waals surface area (Å²) < 4.78 is 1.11. The number of nitrogens with one attached hydrogen (secondary N) is 1. The fourth-order valence-corrected chi connectivity index (χ4v) is 2.36. The monoisotopic (exact) mass is 304 g/mol. The van der Waals surface area contributed by atoms with E-state index >= 15 is 0 Å². The van der Waals surface area contributed by atoms with Gasteiger partial charge < -0.3 is 5.32 Å². The van der Waals surface area contributed by atoms with Gasteiger partial charge in [0.05, 0.1) is 0 Å². The number of hydrogen-bond donors (Lipinski definition) is 1. The van der Waals surface area contributed by atoms with Gasteiger partial charge in [-0.3, -0.25) is 4.98 Å². The van der Waals surface area contributed by atoms with Gasteiger partial charge in [-0.05, 0) is 43.3 Å². The zero-order valence-corrected chi connectivity index (χ0v) is 12.2. The van der Waals surface area contributed by atoms with Crippen LogP contribution in [0.3, 0.4) is 0 Å². The fraction of sp³-hybridized carbons (Fsp3) is 0.267. The van der Waals surface area contributed by atoms with Crippen molar-refractivity contribution in [2.24, 2.45) is 0 Å². The minimum Gasteiger partial charge on any atom is -0.313 e. The molecule has 0 spiro atoms. The molecule has 3 heteroatoms. The van der Waals surface area contributed by atoms with Gasteiger partial charge in [-0.2, -0.15) is 0 Å². The van der Waals surface area contributed by atoms with Crippen LogP contribution in [0.4, 0.5) is 0 Å². The lowest BCUT2D eigenvalue weighted by atomic mass is 10.0. The number of aromatic nitrogens is 1. The van der Waals surface area contributed by atoms with Crippen LogP contribution in [0.2, 0.25) is 0 Å². The van der Waals surface area contributed by atoms with E-state index in [-0.39, 0.29) is 6.04 Å². The van der Waals surface area contributed by atoms with Crippen molar-refractivity contribution in [1.29, 1.82) is 0 Å². The minimum atomic E-state index is 0.290. The molecule has 0 amide bonds. The van der Waals surface area contributed by atoms with Crippen molar-refractivity contribution in [2.45, 2.75) is 19.4 Å². The Balaban J connectivity index is 2.17. The van der Waals surface area contributed by atoms with Crippen LogP contribution >= 0.6 is 15.9 Å². The van der Waals surface area contributed by atoms with E-state index in [0.717, 1.165) is 16.6 Å². The predicted octanol–water partition coefficient (Wildman–Crippen LogP) is 3.66. The highest BCUT2D eigenvalue weighted by Crippen LogP contribution is 2.20. The second-order valence-electron chi connectivity index (χ2n) is 4.43. The molecule has 94 valence electrons. The zero-order chi connectivity index (χ0) is 13.0. The molecule has 2 rings (SSSR count). The molecule has 1 atom stereocenters. The first-order chi connectivity index (χ1) is 8.69. The van der Waals surface area contributed by atoms with Crippen LogP contribution in [0.5, 0.6) is 0 Å². The standard InChI is InChI=1S/C15H17BrN2/c1-11-6-7-14(18-10-11)9-15(17-2)12-4-3-5-13(16)8-12/h3-8,10,15,17H,9H2,1-2H3. The molecule has 2 nitrogen and oxygen atoms in total. The number of nitrogens with zero attached hydrogens (tertiary/aromatic N) is 1. The lowest BCUT2D eigenvalue weighted by Crippen LogP contribution is -2.19. The Kier molecular flexibility index (Phi) is 4.50. The van der Waals surface area contributed by atoms with E-state index in [2.05, 4.69) is 63.5 Å². The first kappa shape index (κ1) is 13.2. The number of rotatable bonds is 4. The average Bonchev–Trinajstić information content (AvgIpc) is 2.38. The third kappa shape index (κ3) is 3.40. The Morgan fingerprint density at radius 1 is 1.28 bits per heavy atom. The predicted molar refractivity (Wildman–Crippen MR) is 78.6 cm³/mol. The number of pyridine rings is 1. The molecule has 1 unspecified atom stereocenters. The largest absolute Gasteiger partial charge is 0.313 e. The van der Waals surface area contributed by atoms with Crippen LogP contribution in [0.1, 0.15) is 22.9 Å². The molecule has 0 bridgehead atoms. The Morgan fingerprint density at radius 3 is 2.72 bits per heavy atom. The van der Waals surface area contributed by atoms with Crippen molar-refractivity contribution in [3.05, 3.63) is 63.9 Å². The van der Waals surface area contributed by atoms with Gasteiger partial charge in [-0.1, -0.05) is 34.1 Å². The lowest BCUT2D eigenvalue weighted by Gasteiger charge is -2.16. The summed E-state index contributed by atoms with van der Waals surface area (Å²) in [5.41, 5.74) is 3.58. The number of benzene rings is 1. The van der Waals surface area contributed by atoms with Crippen LogP contribution in [0, 0.1) is 6.92 Å². The van der Waals surface area contributed by atoms with Crippen molar-refractivity contribution in [3.63, 3.8) is 0 Å². The molecule has 1 aromatic carbocycles. The molecule has 0 saturated heterocycles. The van der Waals surface area contributed by atoms with Gasteiger partial charge in [-0.25, -0.2) is 0 Å². The maximum Gasteiger partial charge on any atom is 0.0422 e. The quantitative estimate of drug-likeness (QED) is 0.932. The molecule has 2 aromatic rings. The third-order valence-electron chi connectivity index (χ3n) is 2.99. The maximum atomic E-state index is 4.46. The van der Waals surface area contributed by atoms with Gasteiger partial charge in [0.25, 0.3) is 0 Å². The van der Waals surface area contributed by atoms with E-state index in [1.54, 1.807) is 0 Å². The van der Waals surface area contributed by atoms with Crippen LogP contribution in [0.25, 0.3) is 0 Å². The van der Waals surface area contributed by atoms with E-state index < -0.39 is 0 Å². The highest BCUT2D eigenvalue weighted by molar-refractivity contribution is 9.10. The Bertz CT molecular complexity index is 508. The van der Waals surface area contributed by atoms with Gasteiger partial charge in [0.1, 0.15) is 0 Å². The molecule has 0 aliphatic carbocycles. The van der Waals surface area contributed by atoms with Crippen LogP contribution in [-0.4, -0.2) is 12.0 Å². The number of halogens is 1. The summed E-state index contributed by atoms with van der Waals surface area (Å²) in [5, 5.41) is 3.35. The second-order valence-corrected chi connectivity index (χ2v) is 5.34. The average molecular weight is 305 g/mol. The summed E-state index contributed by atoms with van der Waals surface area (Å²) in [6.45, 7) is 2.06. The van der Waals surface area contributed by atoms with E-state index in [1.807, 2.05) is 19.3 Å². The molecule has 0 fully saturated rings. The Labute approximate surface area is 117 Å². The van der Waals surface area contributed by atoms with Crippen molar-refractivity contribution in [2.75, 3.05) is 7.05 Å². The van der Waals surface area contributed by atoms with Crippen LogP contribution in [-0.2, 0) is 6.42 Å². The summed E-state index contributed by atoms with van der Waals surface area (Å²) in [6, 6.07) is 12.9. The molecule has 0 radical (unpaired) electrons. The fourth-order valence-electron chi connectivity index (χ4n) is 1.94.